The number of sulfonamides is 1. The summed E-state index contributed by atoms with van der Waals surface area (Å²) in [6, 6.07) is 1.77. The van der Waals surface area contributed by atoms with Crippen molar-refractivity contribution in [2.24, 2.45) is 5.84 Å². The topological polar surface area (TPSA) is 100 Å². The molecule has 8 heteroatoms. The van der Waals surface area contributed by atoms with Gasteiger partial charge in [0.15, 0.2) is 0 Å². The van der Waals surface area contributed by atoms with Crippen LogP contribution in [-0.4, -0.2) is 44.5 Å². The van der Waals surface area contributed by atoms with E-state index in [1.54, 1.807) is 0 Å². The van der Waals surface area contributed by atoms with Crippen LogP contribution >= 0.6 is 0 Å². The molecule has 1 saturated heterocycles. The Balaban J connectivity index is 2.07. The van der Waals surface area contributed by atoms with Gasteiger partial charge in [-0.25, -0.2) is 13.1 Å². The monoisotopic (exact) mass is 299 g/mol. The molecule has 0 saturated carbocycles. The largest absolute Gasteiger partial charge is 0.323 e. The van der Waals surface area contributed by atoms with Crippen LogP contribution in [0.25, 0.3) is 0 Å². The Bertz CT molecular complexity index is 549. The first-order valence-electron chi connectivity index (χ1n) is 6.65. The van der Waals surface area contributed by atoms with E-state index in [1.165, 1.54) is 24.9 Å². The zero-order chi connectivity index (χ0) is 14.6. The van der Waals surface area contributed by atoms with Crippen molar-refractivity contribution in [1.29, 1.82) is 0 Å². The molecule has 0 radical (unpaired) electrons. The number of nitrogens with two attached hydrogens (primary N) is 1. The molecule has 1 atom stereocenters. The summed E-state index contributed by atoms with van der Waals surface area (Å²) in [6.07, 6.45) is 6.10. The second kappa shape index (κ2) is 6.49. The molecule has 0 aliphatic carbocycles. The lowest BCUT2D eigenvalue weighted by molar-refractivity contribution is 0.187. The van der Waals surface area contributed by atoms with Gasteiger partial charge in [0.1, 0.15) is 4.90 Å². The van der Waals surface area contributed by atoms with Crippen LogP contribution in [0.15, 0.2) is 23.4 Å². The second-order valence-corrected chi connectivity index (χ2v) is 6.73. The van der Waals surface area contributed by atoms with Crippen LogP contribution in [-0.2, 0) is 10.0 Å². The number of hydrazine groups is 1. The fourth-order valence-electron chi connectivity index (χ4n) is 2.40. The predicted molar refractivity (Wildman–Crippen MR) is 77.5 cm³/mol. The third-order valence-corrected chi connectivity index (χ3v) is 5.11. The Hall–Kier alpha value is -1.22. The average molecular weight is 299 g/mol. The normalized spacial score (nSPS) is 20.8. The molecule has 7 nitrogen and oxygen atoms in total. The van der Waals surface area contributed by atoms with Crippen molar-refractivity contribution in [3.8, 4) is 0 Å². The first-order valence-corrected chi connectivity index (χ1v) is 8.13. The van der Waals surface area contributed by atoms with E-state index in [0.717, 1.165) is 19.4 Å². The Kier molecular flexibility index (Phi) is 4.92. The van der Waals surface area contributed by atoms with Gasteiger partial charge in [-0.2, -0.15) is 0 Å². The lowest BCUT2D eigenvalue weighted by Gasteiger charge is -2.32. The van der Waals surface area contributed by atoms with Crippen LogP contribution in [0.2, 0.25) is 0 Å². The zero-order valence-electron chi connectivity index (χ0n) is 11.5. The van der Waals surface area contributed by atoms with Crippen LogP contribution < -0.4 is 16.0 Å². The third kappa shape index (κ3) is 3.45. The minimum atomic E-state index is -3.61. The van der Waals surface area contributed by atoms with Gasteiger partial charge in [0.05, 0.1) is 5.69 Å². The molecule has 0 bridgehead atoms. The van der Waals surface area contributed by atoms with Crippen molar-refractivity contribution in [2.75, 3.05) is 25.6 Å². The van der Waals surface area contributed by atoms with Gasteiger partial charge in [-0.15, -0.1) is 0 Å². The molecule has 0 spiro atoms. The quantitative estimate of drug-likeness (QED) is 0.528. The summed E-state index contributed by atoms with van der Waals surface area (Å²) < 4.78 is 27.2. The van der Waals surface area contributed by atoms with Crippen LogP contribution in [0.1, 0.15) is 19.3 Å². The molecule has 2 heterocycles. The Morgan fingerprint density at radius 1 is 1.50 bits per heavy atom. The van der Waals surface area contributed by atoms with Gasteiger partial charge in [-0.3, -0.25) is 10.8 Å². The van der Waals surface area contributed by atoms with E-state index in [2.05, 4.69) is 20.0 Å². The van der Waals surface area contributed by atoms with E-state index in [0.29, 0.717) is 12.2 Å². The van der Waals surface area contributed by atoms with Gasteiger partial charge in [0.25, 0.3) is 0 Å². The highest BCUT2D eigenvalue weighted by Crippen LogP contribution is 2.19. The summed E-state index contributed by atoms with van der Waals surface area (Å²) in [5, 5.41) is 0. The number of nitrogens with zero attached hydrogens (tertiary/aromatic N) is 2. The van der Waals surface area contributed by atoms with Crippen LogP contribution in [0.5, 0.6) is 0 Å². The standard InChI is InChI=1S/C12H21N5O2S/c1-17-7-3-2-4-10(17)8-15-20(18,19)12-9-14-6-5-11(12)16-13/h5-6,9-10,15H,2-4,7-8,13H2,1H3,(H,14,16). The van der Waals surface area contributed by atoms with Gasteiger partial charge in [0.2, 0.25) is 10.0 Å². The minimum absolute atomic E-state index is 0.0703. The highest BCUT2D eigenvalue weighted by Gasteiger charge is 2.23. The summed E-state index contributed by atoms with van der Waals surface area (Å²) in [6.45, 7) is 1.41. The molecule has 112 valence electrons. The molecule has 20 heavy (non-hydrogen) atoms. The molecule has 1 aliphatic rings. The fraction of sp³-hybridized carbons (Fsp3) is 0.583. The van der Waals surface area contributed by atoms with Crippen molar-refractivity contribution >= 4 is 15.7 Å². The van der Waals surface area contributed by atoms with Gasteiger partial charge < -0.3 is 10.3 Å². The van der Waals surface area contributed by atoms with Gasteiger partial charge in [-0.05, 0) is 32.5 Å². The van der Waals surface area contributed by atoms with E-state index < -0.39 is 10.0 Å². The molecular weight excluding hydrogens is 278 g/mol. The smallest absolute Gasteiger partial charge is 0.244 e. The van der Waals surface area contributed by atoms with Crippen molar-refractivity contribution in [3.63, 3.8) is 0 Å². The van der Waals surface area contributed by atoms with Crippen molar-refractivity contribution in [1.82, 2.24) is 14.6 Å². The lowest BCUT2D eigenvalue weighted by Crippen LogP contribution is -2.44. The number of anilines is 1. The maximum Gasteiger partial charge on any atom is 0.244 e. The van der Waals surface area contributed by atoms with Gasteiger partial charge in [-0.1, -0.05) is 6.42 Å². The van der Waals surface area contributed by atoms with E-state index in [9.17, 15) is 8.42 Å². The fourth-order valence-corrected chi connectivity index (χ4v) is 3.58. The highest BCUT2D eigenvalue weighted by atomic mass is 32.2. The molecule has 1 aromatic heterocycles. The number of likely N-dealkylation sites (tertiary alicyclic amines) is 1. The van der Waals surface area contributed by atoms with E-state index in [1.807, 2.05) is 7.05 Å². The summed E-state index contributed by atoms with van der Waals surface area (Å²) in [7, 11) is -1.58. The number of hydrogen-bond acceptors (Lipinski definition) is 6. The number of nitrogen functional groups attached to an aromatic ring is 1. The Morgan fingerprint density at radius 3 is 3.00 bits per heavy atom. The number of aromatic nitrogens is 1. The summed E-state index contributed by atoms with van der Waals surface area (Å²) in [5.74, 6) is 5.33. The zero-order valence-corrected chi connectivity index (χ0v) is 12.4. The first kappa shape index (κ1) is 15.2. The molecule has 1 aromatic rings. The van der Waals surface area contributed by atoms with E-state index in [-0.39, 0.29) is 10.9 Å². The average Bonchev–Trinajstić information content (AvgIpc) is 2.46. The molecule has 0 aromatic carbocycles. The maximum absolute atomic E-state index is 12.3. The van der Waals surface area contributed by atoms with Crippen molar-refractivity contribution in [3.05, 3.63) is 18.5 Å². The van der Waals surface area contributed by atoms with Gasteiger partial charge in [0, 0.05) is 25.0 Å². The van der Waals surface area contributed by atoms with Crippen molar-refractivity contribution < 1.29 is 8.42 Å². The number of likely N-dealkylation sites (N-methyl/N-ethyl adjacent to an activating group) is 1. The Morgan fingerprint density at radius 2 is 2.30 bits per heavy atom. The Labute approximate surface area is 119 Å². The molecule has 1 aliphatic heterocycles. The minimum Gasteiger partial charge on any atom is -0.323 e. The van der Waals surface area contributed by atoms with Gasteiger partial charge >= 0.3 is 0 Å². The van der Waals surface area contributed by atoms with Crippen LogP contribution in [0.4, 0.5) is 5.69 Å². The molecular formula is C12H21N5O2S. The lowest BCUT2D eigenvalue weighted by atomic mass is 10.0. The first-order chi connectivity index (χ1) is 9.54. The van der Waals surface area contributed by atoms with Crippen LogP contribution in [0.3, 0.4) is 0 Å². The summed E-state index contributed by atoms with van der Waals surface area (Å²) >= 11 is 0. The molecule has 0 amide bonds. The number of hydrogen-bond donors (Lipinski definition) is 3. The van der Waals surface area contributed by atoms with E-state index in [4.69, 9.17) is 5.84 Å². The summed E-state index contributed by atoms with van der Waals surface area (Å²) in [4.78, 5) is 6.11. The SMILES string of the molecule is CN1CCCCC1CNS(=O)(=O)c1cnccc1NN. The predicted octanol–water partition coefficient (Wildman–Crippen LogP) is 0.130. The molecule has 1 fully saturated rings. The maximum atomic E-state index is 12.3. The second-order valence-electron chi connectivity index (χ2n) is 5.00. The molecule has 2 rings (SSSR count). The molecule has 1 unspecified atom stereocenters. The van der Waals surface area contributed by atoms with E-state index >= 15 is 0 Å². The summed E-state index contributed by atoms with van der Waals surface area (Å²) in [5.41, 5.74) is 2.72. The third-order valence-electron chi connectivity index (χ3n) is 3.66. The van der Waals surface area contributed by atoms with Crippen molar-refractivity contribution in [2.45, 2.75) is 30.2 Å². The highest BCUT2D eigenvalue weighted by molar-refractivity contribution is 7.89. The number of nitrogens with one attached hydrogen (secondary N) is 2. The number of rotatable bonds is 5. The van der Waals surface area contributed by atoms with Crippen LogP contribution in [0, 0.1) is 0 Å². The number of pyridine rings is 1. The molecule has 4 N–H and O–H groups in total. The number of piperidine rings is 1.